The van der Waals surface area contributed by atoms with Crippen LogP contribution in [0.15, 0.2) is 43.1 Å². The molecule has 6 heteroatoms. The molecule has 2 aromatic rings. The van der Waals surface area contributed by atoms with E-state index in [1.165, 1.54) is 11.3 Å². The van der Waals surface area contributed by atoms with E-state index in [0.717, 1.165) is 18.4 Å². The van der Waals surface area contributed by atoms with Crippen LogP contribution in [0.1, 0.15) is 9.67 Å². The molecule has 0 aliphatic carbocycles. The molecule has 1 N–H and O–H groups in total. The molecule has 0 saturated carbocycles. The molecule has 1 aromatic carbocycles. The third kappa shape index (κ3) is 3.19. The lowest BCUT2D eigenvalue weighted by molar-refractivity contribution is 0.103. The van der Waals surface area contributed by atoms with Crippen molar-refractivity contribution in [1.82, 2.24) is 0 Å². The summed E-state index contributed by atoms with van der Waals surface area (Å²) in [4.78, 5) is 12.6. The summed E-state index contributed by atoms with van der Waals surface area (Å²) in [5.74, 6) is -0.117. The fourth-order valence-electron chi connectivity index (χ4n) is 1.23. The second-order valence-corrected chi connectivity index (χ2v) is 7.33. The molecule has 0 spiro atoms. The van der Waals surface area contributed by atoms with Gasteiger partial charge in [-0.1, -0.05) is 6.07 Å². The largest absolute Gasteiger partial charge is 0.319 e. The second-order valence-electron chi connectivity index (χ2n) is 3.15. The summed E-state index contributed by atoms with van der Waals surface area (Å²) in [6, 6.07) is 9.30. The van der Waals surface area contributed by atoms with Crippen LogP contribution in [-0.2, 0) is 0 Å². The van der Waals surface area contributed by atoms with E-state index >= 15 is 0 Å². The highest BCUT2D eigenvalue weighted by Crippen LogP contribution is 2.31. The first-order valence-electron chi connectivity index (χ1n) is 4.58. The Kier molecular flexibility index (Phi) is 4.41. The third-order valence-corrected chi connectivity index (χ3v) is 4.94. The van der Waals surface area contributed by atoms with E-state index < -0.39 is 0 Å². The standard InChI is InChI=1S/C11H6Br3NOS/c12-6-2-1-3-7(13)10(6)15-11(16)8-4-5-9(14)17-8/h1-5H,(H,15,16). The molecule has 0 atom stereocenters. The van der Waals surface area contributed by atoms with Crippen molar-refractivity contribution in [3.05, 3.63) is 47.9 Å². The lowest BCUT2D eigenvalue weighted by atomic mass is 10.3. The number of rotatable bonds is 2. The molecule has 0 unspecified atom stereocenters. The van der Waals surface area contributed by atoms with Gasteiger partial charge in [0.25, 0.3) is 5.91 Å². The maximum atomic E-state index is 12.0. The van der Waals surface area contributed by atoms with Gasteiger partial charge in [-0.2, -0.15) is 0 Å². The van der Waals surface area contributed by atoms with E-state index in [1.54, 1.807) is 6.07 Å². The number of hydrogen-bond acceptors (Lipinski definition) is 2. The first-order chi connectivity index (χ1) is 8.08. The number of carbonyl (C=O) groups is 1. The molecule has 0 aliphatic rings. The smallest absolute Gasteiger partial charge is 0.265 e. The van der Waals surface area contributed by atoms with Gasteiger partial charge >= 0.3 is 0 Å². The number of thiophene rings is 1. The number of nitrogens with one attached hydrogen (secondary N) is 1. The Morgan fingerprint density at radius 1 is 1.06 bits per heavy atom. The van der Waals surface area contributed by atoms with Gasteiger partial charge in [0.15, 0.2) is 0 Å². The lowest BCUT2D eigenvalue weighted by Gasteiger charge is -2.08. The van der Waals surface area contributed by atoms with Gasteiger partial charge in [0.05, 0.1) is 14.4 Å². The van der Waals surface area contributed by atoms with Crippen molar-refractivity contribution in [2.24, 2.45) is 0 Å². The van der Waals surface area contributed by atoms with E-state index in [9.17, 15) is 4.79 Å². The van der Waals surface area contributed by atoms with Gasteiger partial charge in [-0.3, -0.25) is 4.79 Å². The van der Waals surface area contributed by atoms with Gasteiger partial charge in [-0.15, -0.1) is 11.3 Å². The molecule has 2 nitrogen and oxygen atoms in total. The zero-order chi connectivity index (χ0) is 12.4. The number of halogens is 3. The summed E-state index contributed by atoms with van der Waals surface area (Å²) in [5.41, 5.74) is 0.738. The Morgan fingerprint density at radius 2 is 1.71 bits per heavy atom. The van der Waals surface area contributed by atoms with Crippen LogP contribution in [0.4, 0.5) is 5.69 Å². The molecule has 17 heavy (non-hydrogen) atoms. The minimum atomic E-state index is -0.117. The SMILES string of the molecule is O=C(Nc1c(Br)cccc1Br)c1ccc(Br)s1. The molecule has 1 amide bonds. The summed E-state index contributed by atoms with van der Waals surface area (Å²) in [5, 5.41) is 2.86. The predicted octanol–water partition coefficient (Wildman–Crippen LogP) is 5.29. The zero-order valence-corrected chi connectivity index (χ0v) is 13.9. The predicted molar refractivity (Wildman–Crippen MR) is 81.8 cm³/mol. The number of para-hydroxylation sites is 1. The van der Waals surface area contributed by atoms with E-state index in [2.05, 4.69) is 53.1 Å². The molecule has 0 bridgehead atoms. The van der Waals surface area contributed by atoms with E-state index in [-0.39, 0.29) is 5.91 Å². The molecule has 0 saturated heterocycles. The number of anilines is 1. The van der Waals surface area contributed by atoms with E-state index in [0.29, 0.717) is 4.88 Å². The van der Waals surface area contributed by atoms with Gasteiger partial charge in [0.2, 0.25) is 0 Å². The van der Waals surface area contributed by atoms with Crippen LogP contribution in [0.5, 0.6) is 0 Å². The van der Waals surface area contributed by atoms with E-state index in [4.69, 9.17) is 0 Å². The average molecular weight is 440 g/mol. The van der Waals surface area contributed by atoms with Crippen LogP contribution in [0.3, 0.4) is 0 Å². The highest BCUT2D eigenvalue weighted by Gasteiger charge is 2.12. The van der Waals surface area contributed by atoms with Gasteiger partial charge < -0.3 is 5.32 Å². The summed E-state index contributed by atoms with van der Waals surface area (Å²) < 4.78 is 2.63. The topological polar surface area (TPSA) is 29.1 Å². The first kappa shape index (κ1) is 13.3. The number of carbonyl (C=O) groups excluding carboxylic acids is 1. The Hall–Kier alpha value is -0.170. The van der Waals surface area contributed by atoms with Crippen LogP contribution in [0, 0.1) is 0 Å². The minimum absolute atomic E-state index is 0.117. The Morgan fingerprint density at radius 3 is 2.24 bits per heavy atom. The maximum Gasteiger partial charge on any atom is 0.265 e. The summed E-state index contributed by atoms with van der Waals surface area (Å²) in [6.07, 6.45) is 0. The van der Waals surface area contributed by atoms with Crippen molar-refractivity contribution in [2.45, 2.75) is 0 Å². The number of benzene rings is 1. The summed E-state index contributed by atoms with van der Waals surface area (Å²) in [7, 11) is 0. The van der Waals surface area contributed by atoms with Gasteiger partial charge in [0.1, 0.15) is 0 Å². The normalized spacial score (nSPS) is 10.3. The highest BCUT2D eigenvalue weighted by atomic mass is 79.9. The fraction of sp³-hybridized carbons (Fsp3) is 0. The Balaban J connectivity index is 2.24. The third-order valence-electron chi connectivity index (χ3n) is 2.00. The maximum absolute atomic E-state index is 12.0. The molecule has 0 aliphatic heterocycles. The van der Waals surface area contributed by atoms with Crippen LogP contribution >= 0.6 is 59.1 Å². The molecule has 2 rings (SSSR count). The quantitative estimate of drug-likeness (QED) is 0.677. The monoisotopic (exact) mass is 437 g/mol. The highest BCUT2D eigenvalue weighted by molar-refractivity contribution is 9.11. The number of hydrogen-bond donors (Lipinski definition) is 1. The zero-order valence-electron chi connectivity index (χ0n) is 8.34. The van der Waals surface area contributed by atoms with Crippen LogP contribution < -0.4 is 5.32 Å². The minimum Gasteiger partial charge on any atom is -0.319 e. The van der Waals surface area contributed by atoms with Crippen LogP contribution in [-0.4, -0.2) is 5.91 Å². The van der Waals surface area contributed by atoms with Crippen molar-refractivity contribution in [3.8, 4) is 0 Å². The van der Waals surface area contributed by atoms with Crippen molar-refractivity contribution >= 4 is 70.7 Å². The van der Waals surface area contributed by atoms with Gasteiger partial charge in [-0.05, 0) is 72.1 Å². The molecule has 0 radical (unpaired) electrons. The number of amides is 1. The molecular weight excluding hydrogens is 434 g/mol. The second kappa shape index (κ2) is 5.65. The van der Waals surface area contributed by atoms with Crippen molar-refractivity contribution in [1.29, 1.82) is 0 Å². The molecule has 1 heterocycles. The first-order valence-corrected chi connectivity index (χ1v) is 7.78. The van der Waals surface area contributed by atoms with Crippen LogP contribution in [0.2, 0.25) is 0 Å². The Bertz CT molecular complexity index is 547. The molecule has 88 valence electrons. The van der Waals surface area contributed by atoms with Gasteiger partial charge in [0, 0.05) is 8.95 Å². The lowest BCUT2D eigenvalue weighted by Crippen LogP contribution is -2.10. The van der Waals surface area contributed by atoms with Crippen molar-refractivity contribution in [2.75, 3.05) is 5.32 Å². The summed E-state index contributed by atoms with van der Waals surface area (Å²) in [6.45, 7) is 0. The van der Waals surface area contributed by atoms with Crippen molar-refractivity contribution in [3.63, 3.8) is 0 Å². The van der Waals surface area contributed by atoms with Gasteiger partial charge in [-0.25, -0.2) is 0 Å². The Labute approximate surface area is 128 Å². The van der Waals surface area contributed by atoms with Crippen molar-refractivity contribution < 1.29 is 4.79 Å². The molecule has 1 aromatic heterocycles. The summed E-state index contributed by atoms with van der Waals surface area (Å²) >= 11 is 11.5. The molecular formula is C11H6Br3NOS. The molecule has 0 fully saturated rings. The van der Waals surface area contributed by atoms with E-state index in [1.807, 2.05) is 24.3 Å². The average Bonchev–Trinajstić information content (AvgIpc) is 2.70. The fourth-order valence-corrected chi connectivity index (χ4v) is 3.71. The van der Waals surface area contributed by atoms with Crippen LogP contribution in [0.25, 0.3) is 0 Å².